The monoisotopic (exact) mass is 366 g/mol. The lowest BCUT2D eigenvalue weighted by Crippen LogP contribution is -2.06. The molecule has 4 aromatic rings. The highest BCUT2D eigenvalue weighted by molar-refractivity contribution is 6.31. The summed E-state index contributed by atoms with van der Waals surface area (Å²) in [5, 5.41) is 1.45. The van der Waals surface area contributed by atoms with Gasteiger partial charge in [-0.05, 0) is 41.5 Å². The summed E-state index contributed by atoms with van der Waals surface area (Å²) in [5.74, 6) is 1.02. The summed E-state index contributed by atoms with van der Waals surface area (Å²) >= 11 is 12.2. The Morgan fingerprint density at radius 2 is 1.48 bits per heavy atom. The van der Waals surface area contributed by atoms with E-state index in [-0.39, 0.29) is 0 Å². The smallest absolute Gasteiger partial charge is 0.114 e. The van der Waals surface area contributed by atoms with Gasteiger partial charge in [0.25, 0.3) is 0 Å². The molecule has 3 aromatic carbocycles. The molecule has 0 amide bonds. The molecule has 4 heteroatoms. The minimum Gasteiger partial charge on any atom is -0.323 e. The fourth-order valence-electron chi connectivity index (χ4n) is 3.02. The van der Waals surface area contributed by atoms with Gasteiger partial charge >= 0.3 is 0 Å². The van der Waals surface area contributed by atoms with E-state index in [2.05, 4.69) is 28.8 Å². The largest absolute Gasteiger partial charge is 0.323 e. The predicted octanol–water partition coefficient (Wildman–Crippen LogP) is 5.98. The lowest BCUT2D eigenvalue weighted by atomic mass is 10.1. The number of halogens is 2. The van der Waals surface area contributed by atoms with Crippen LogP contribution >= 0.6 is 23.2 Å². The second kappa shape index (κ2) is 6.91. The fraction of sp³-hybridized carbons (Fsp3) is 0.0952. The van der Waals surface area contributed by atoms with Crippen molar-refractivity contribution in [2.24, 2.45) is 0 Å². The zero-order valence-corrected chi connectivity index (χ0v) is 15.0. The minimum atomic E-state index is 0.704. The molecule has 0 unspecified atom stereocenters. The van der Waals surface area contributed by atoms with Crippen molar-refractivity contribution in [3.8, 4) is 0 Å². The molecule has 25 heavy (non-hydrogen) atoms. The van der Waals surface area contributed by atoms with Crippen LogP contribution in [0.5, 0.6) is 0 Å². The number of imidazole rings is 1. The lowest BCUT2D eigenvalue weighted by Gasteiger charge is -2.10. The first kappa shape index (κ1) is 16.2. The van der Waals surface area contributed by atoms with Gasteiger partial charge in [0, 0.05) is 23.0 Å². The van der Waals surface area contributed by atoms with E-state index in [1.54, 1.807) is 0 Å². The van der Waals surface area contributed by atoms with Crippen molar-refractivity contribution < 1.29 is 0 Å². The topological polar surface area (TPSA) is 17.8 Å². The second-order valence-corrected chi connectivity index (χ2v) is 6.91. The maximum absolute atomic E-state index is 6.15. The van der Waals surface area contributed by atoms with E-state index < -0.39 is 0 Å². The summed E-state index contributed by atoms with van der Waals surface area (Å²) in [6.07, 6.45) is 0.746. The Labute approximate surface area is 156 Å². The fourth-order valence-corrected chi connectivity index (χ4v) is 3.31. The highest BCUT2D eigenvalue weighted by Gasteiger charge is 2.12. The normalized spacial score (nSPS) is 11.1. The summed E-state index contributed by atoms with van der Waals surface area (Å²) in [6.45, 7) is 0.780. The highest BCUT2D eigenvalue weighted by atomic mass is 35.5. The van der Waals surface area contributed by atoms with E-state index in [0.717, 1.165) is 34.8 Å². The number of aromatic nitrogens is 2. The highest BCUT2D eigenvalue weighted by Crippen LogP contribution is 2.23. The molecule has 0 N–H and O–H groups in total. The van der Waals surface area contributed by atoms with Crippen LogP contribution in [0.2, 0.25) is 10.0 Å². The van der Waals surface area contributed by atoms with Crippen LogP contribution in [0.1, 0.15) is 17.0 Å². The van der Waals surface area contributed by atoms with Crippen LogP contribution in [0.3, 0.4) is 0 Å². The summed E-state index contributed by atoms with van der Waals surface area (Å²) in [7, 11) is 0. The van der Waals surface area contributed by atoms with Gasteiger partial charge < -0.3 is 4.57 Å². The molecule has 4 rings (SSSR count). The molecule has 0 aliphatic heterocycles. The average Bonchev–Trinajstić information content (AvgIpc) is 2.94. The Hall–Kier alpha value is -2.29. The van der Waals surface area contributed by atoms with Crippen molar-refractivity contribution in [2.45, 2.75) is 13.0 Å². The van der Waals surface area contributed by atoms with Gasteiger partial charge in [0.2, 0.25) is 0 Å². The van der Waals surface area contributed by atoms with Crippen molar-refractivity contribution in [1.29, 1.82) is 0 Å². The van der Waals surface area contributed by atoms with E-state index in [4.69, 9.17) is 28.2 Å². The van der Waals surface area contributed by atoms with Crippen molar-refractivity contribution in [3.63, 3.8) is 0 Å². The molecule has 0 saturated carbocycles. The molecule has 0 saturated heterocycles. The van der Waals surface area contributed by atoms with Crippen molar-refractivity contribution in [2.75, 3.05) is 0 Å². The summed E-state index contributed by atoms with van der Waals surface area (Å²) < 4.78 is 2.26. The number of rotatable bonds is 4. The third-order valence-corrected chi connectivity index (χ3v) is 4.74. The molecule has 0 aliphatic carbocycles. The van der Waals surface area contributed by atoms with Gasteiger partial charge in [0.15, 0.2) is 0 Å². The Morgan fingerprint density at radius 3 is 2.24 bits per heavy atom. The number of nitrogens with zero attached hydrogens (tertiary/aromatic N) is 2. The molecule has 0 bridgehead atoms. The first-order valence-corrected chi connectivity index (χ1v) is 8.88. The van der Waals surface area contributed by atoms with Gasteiger partial charge in [0.1, 0.15) is 5.82 Å². The van der Waals surface area contributed by atoms with Crippen molar-refractivity contribution in [1.82, 2.24) is 9.55 Å². The molecule has 0 aliphatic rings. The van der Waals surface area contributed by atoms with Crippen LogP contribution in [0.4, 0.5) is 0 Å². The van der Waals surface area contributed by atoms with E-state index in [1.165, 1.54) is 11.1 Å². The molecule has 124 valence electrons. The molecule has 0 spiro atoms. The van der Waals surface area contributed by atoms with E-state index in [0.29, 0.717) is 5.02 Å². The lowest BCUT2D eigenvalue weighted by molar-refractivity contribution is 0.762. The summed E-state index contributed by atoms with van der Waals surface area (Å²) in [5.41, 5.74) is 4.44. The second-order valence-electron chi connectivity index (χ2n) is 6.04. The quantitative estimate of drug-likeness (QED) is 0.434. The number of hydrogen-bond acceptors (Lipinski definition) is 1. The number of hydrogen-bond donors (Lipinski definition) is 0. The predicted molar refractivity (Wildman–Crippen MR) is 105 cm³/mol. The standard InChI is InChI=1S/C21H16Cl2N2/c22-17-8-6-15(7-9-17)12-21-24-19-13-18(23)10-11-20(19)25(21)14-16-4-2-1-3-5-16/h1-11,13H,12,14H2. The van der Waals surface area contributed by atoms with E-state index in [1.807, 2.05) is 48.5 Å². The molecular weight excluding hydrogens is 351 g/mol. The summed E-state index contributed by atoms with van der Waals surface area (Å²) in [6, 6.07) is 24.2. The SMILES string of the molecule is Clc1ccc(Cc2nc3cc(Cl)ccc3n2Cc2ccccc2)cc1. The van der Waals surface area contributed by atoms with Gasteiger partial charge in [-0.3, -0.25) is 0 Å². The zero-order chi connectivity index (χ0) is 17.2. The Morgan fingerprint density at radius 1 is 0.760 bits per heavy atom. The maximum atomic E-state index is 6.15. The van der Waals surface area contributed by atoms with Crippen LogP contribution in [-0.4, -0.2) is 9.55 Å². The Balaban J connectivity index is 1.78. The first-order chi connectivity index (χ1) is 12.2. The molecule has 0 atom stereocenters. The molecule has 1 aromatic heterocycles. The van der Waals surface area contributed by atoms with Crippen LogP contribution in [0.25, 0.3) is 11.0 Å². The van der Waals surface area contributed by atoms with Gasteiger partial charge in [-0.1, -0.05) is 65.7 Å². The van der Waals surface area contributed by atoms with Gasteiger partial charge in [-0.25, -0.2) is 4.98 Å². The van der Waals surface area contributed by atoms with Gasteiger partial charge in [0.05, 0.1) is 11.0 Å². The molecule has 0 radical (unpaired) electrons. The molecule has 1 heterocycles. The van der Waals surface area contributed by atoms with Crippen LogP contribution in [-0.2, 0) is 13.0 Å². The van der Waals surface area contributed by atoms with Crippen molar-refractivity contribution in [3.05, 3.63) is 99.8 Å². The van der Waals surface area contributed by atoms with E-state index in [9.17, 15) is 0 Å². The average molecular weight is 367 g/mol. The zero-order valence-electron chi connectivity index (χ0n) is 13.5. The Kier molecular flexibility index (Phi) is 4.48. The van der Waals surface area contributed by atoms with Gasteiger partial charge in [-0.2, -0.15) is 0 Å². The molecule has 0 fully saturated rings. The van der Waals surface area contributed by atoms with Crippen LogP contribution in [0, 0.1) is 0 Å². The Bertz CT molecular complexity index is 1010. The maximum Gasteiger partial charge on any atom is 0.114 e. The first-order valence-electron chi connectivity index (χ1n) is 8.12. The molecule has 2 nitrogen and oxygen atoms in total. The van der Waals surface area contributed by atoms with E-state index >= 15 is 0 Å². The third kappa shape index (κ3) is 3.55. The van der Waals surface area contributed by atoms with Crippen LogP contribution in [0.15, 0.2) is 72.8 Å². The van der Waals surface area contributed by atoms with Crippen molar-refractivity contribution >= 4 is 34.2 Å². The summed E-state index contributed by atoms with van der Waals surface area (Å²) in [4.78, 5) is 4.83. The van der Waals surface area contributed by atoms with Gasteiger partial charge in [-0.15, -0.1) is 0 Å². The van der Waals surface area contributed by atoms with Crippen LogP contribution < -0.4 is 0 Å². The minimum absolute atomic E-state index is 0.704. The molecular formula is C21H16Cl2N2. The third-order valence-electron chi connectivity index (χ3n) is 4.25. The number of benzene rings is 3. The number of fused-ring (bicyclic) bond motifs is 1.